The summed E-state index contributed by atoms with van der Waals surface area (Å²) in [5, 5.41) is 8.11. The minimum Gasteiger partial charge on any atom is -0.370 e. The Morgan fingerprint density at radius 2 is 1.81 bits per heavy atom. The van der Waals surface area contributed by atoms with Gasteiger partial charge >= 0.3 is 0 Å². The Balaban J connectivity index is 2.87. The van der Waals surface area contributed by atoms with Gasteiger partial charge in [-0.05, 0) is 25.7 Å². The minimum atomic E-state index is 0.405. The van der Waals surface area contributed by atoms with Crippen LogP contribution in [0.15, 0.2) is 6.07 Å². The van der Waals surface area contributed by atoms with Gasteiger partial charge in [0.15, 0.2) is 0 Å². The first-order valence-corrected chi connectivity index (χ1v) is 6.25. The molecule has 16 heavy (non-hydrogen) atoms. The molecule has 0 amide bonds. The molecule has 1 heterocycles. The average molecular weight is 223 g/mol. The van der Waals surface area contributed by atoms with Gasteiger partial charge in [0, 0.05) is 18.7 Å². The van der Waals surface area contributed by atoms with Crippen molar-refractivity contribution in [1.82, 2.24) is 9.78 Å². The topological polar surface area (TPSA) is 29.9 Å². The molecular formula is C13H25N3. The van der Waals surface area contributed by atoms with Crippen molar-refractivity contribution >= 4 is 5.82 Å². The van der Waals surface area contributed by atoms with E-state index in [1.807, 2.05) is 0 Å². The molecule has 3 nitrogen and oxygen atoms in total. The highest BCUT2D eigenvalue weighted by atomic mass is 15.3. The number of anilines is 1. The molecule has 0 unspecified atom stereocenters. The van der Waals surface area contributed by atoms with E-state index < -0.39 is 0 Å². The molecular weight excluding hydrogens is 198 g/mol. The van der Waals surface area contributed by atoms with Crippen LogP contribution in [-0.4, -0.2) is 16.3 Å². The van der Waals surface area contributed by atoms with Crippen molar-refractivity contribution in [3.8, 4) is 0 Å². The molecule has 0 radical (unpaired) electrons. The molecule has 1 aromatic heterocycles. The van der Waals surface area contributed by atoms with Crippen LogP contribution in [0.4, 0.5) is 5.82 Å². The Bertz CT molecular complexity index is 324. The lowest BCUT2D eigenvalue weighted by Gasteiger charge is -2.13. The van der Waals surface area contributed by atoms with Gasteiger partial charge in [-0.25, -0.2) is 4.68 Å². The van der Waals surface area contributed by atoms with Gasteiger partial charge in [0.1, 0.15) is 5.82 Å². The predicted molar refractivity (Wildman–Crippen MR) is 70.0 cm³/mol. The fourth-order valence-corrected chi connectivity index (χ4v) is 1.53. The molecule has 0 saturated carbocycles. The molecule has 1 aromatic rings. The molecule has 0 bridgehead atoms. The first-order chi connectivity index (χ1) is 7.41. The lowest BCUT2D eigenvalue weighted by atomic mass is 10.1. The van der Waals surface area contributed by atoms with Crippen LogP contribution in [-0.2, 0) is 0 Å². The van der Waals surface area contributed by atoms with Crippen LogP contribution in [0.25, 0.3) is 0 Å². The molecule has 0 aliphatic heterocycles. The van der Waals surface area contributed by atoms with E-state index in [2.05, 4.69) is 62.7 Å². The van der Waals surface area contributed by atoms with Crippen molar-refractivity contribution in [3.63, 3.8) is 0 Å². The van der Waals surface area contributed by atoms with Gasteiger partial charge < -0.3 is 5.32 Å². The van der Waals surface area contributed by atoms with Gasteiger partial charge in [0.25, 0.3) is 0 Å². The smallest absolute Gasteiger partial charge is 0.124 e. The van der Waals surface area contributed by atoms with Crippen molar-refractivity contribution in [3.05, 3.63) is 11.8 Å². The van der Waals surface area contributed by atoms with E-state index in [0.29, 0.717) is 17.9 Å². The van der Waals surface area contributed by atoms with Gasteiger partial charge in [0.2, 0.25) is 0 Å². The van der Waals surface area contributed by atoms with Gasteiger partial charge in [-0.1, -0.05) is 27.7 Å². The maximum atomic E-state index is 4.64. The molecule has 0 saturated heterocycles. The van der Waals surface area contributed by atoms with Gasteiger partial charge in [-0.2, -0.15) is 5.10 Å². The molecule has 3 heteroatoms. The van der Waals surface area contributed by atoms with Crippen LogP contribution in [0.5, 0.6) is 0 Å². The lowest BCUT2D eigenvalue weighted by Crippen LogP contribution is -2.13. The summed E-state index contributed by atoms with van der Waals surface area (Å²) in [4.78, 5) is 0. The summed E-state index contributed by atoms with van der Waals surface area (Å²) in [6.45, 7) is 14.1. The fraction of sp³-hybridized carbons (Fsp3) is 0.769. The Kier molecular flexibility index (Phi) is 4.39. The monoisotopic (exact) mass is 223 g/mol. The van der Waals surface area contributed by atoms with Gasteiger partial charge in [-0.3, -0.25) is 0 Å². The molecule has 0 fully saturated rings. The Hall–Kier alpha value is -0.990. The fourth-order valence-electron chi connectivity index (χ4n) is 1.53. The second kappa shape index (κ2) is 5.37. The van der Waals surface area contributed by atoms with E-state index in [-0.39, 0.29) is 0 Å². The van der Waals surface area contributed by atoms with Crippen molar-refractivity contribution in [2.45, 2.75) is 53.5 Å². The quantitative estimate of drug-likeness (QED) is 0.825. The molecule has 0 atom stereocenters. The van der Waals surface area contributed by atoms with Crippen LogP contribution in [0.3, 0.4) is 0 Å². The zero-order valence-corrected chi connectivity index (χ0v) is 11.4. The Morgan fingerprint density at radius 1 is 1.19 bits per heavy atom. The predicted octanol–water partition coefficient (Wildman–Crippen LogP) is 3.66. The molecule has 0 aliphatic carbocycles. The zero-order chi connectivity index (χ0) is 12.3. The van der Waals surface area contributed by atoms with E-state index in [0.717, 1.165) is 12.4 Å². The maximum absolute atomic E-state index is 4.64. The first kappa shape index (κ1) is 13.1. The third-order valence-electron chi connectivity index (χ3n) is 2.53. The Morgan fingerprint density at radius 3 is 2.25 bits per heavy atom. The third kappa shape index (κ3) is 3.26. The van der Waals surface area contributed by atoms with Crippen molar-refractivity contribution in [1.29, 1.82) is 0 Å². The first-order valence-electron chi connectivity index (χ1n) is 6.25. The Labute approximate surface area is 99.2 Å². The summed E-state index contributed by atoms with van der Waals surface area (Å²) in [5.74, 6) is 2.28. The van der Waals surface area contributed by atoms with E-state index in [9.17, 15) is 0 Å². The maximum Gasteiger partial charge on any atom is 0.124 e. The number of hydrogen-bond acceptors (Lipinski definition) is 2. The van der Waals surface area contributed by atoms with Crippen molar-refractivity contribution < 1.29 is 0 Å². The van der Waals surface area contributed by atoms with Gasteiger partial charge in [-0.15, -0.1) is 0 Å². The second-order valence-electron chi connectivity index (χ2n) is 5.42. The minimum absolute atomic E-state index is 0.405. The molecule has 0 aliphatic rings. The number of rotatable bonds is 5. The standard InChI is InChI=1S/C13H25N3/c1-9(2)8-14-13-7-12(10(3)4)15-16(13)11(5)6/h7,9-11,14H,8H2,1-6H3. The summed E-state index contributed by atoms with van der Waals surface area (Å²) in [6.07, 6.45) is 0. The van der Waals surface area contributed by atoms with E-state index in [1.54, 1.807) is 0 Å². The van der Waals surface area contributed by atoms with Crippen LogP contribution in [0, 0.1) is 5.92 Å². The highest BCUT2D eigenvalue weighted by Gasteiger charge is 2.12. The molecule has 1 N–H and O–H groups in total. The lowest BCUT2D eigenvalue weighted by molar-refractivity contribution is 0.525. The van der Waals surface area contributed by atoms with Crippen molar-refractivity contribution in [2.75, 3.05) is 11.9 Å². The normalized spacial score (nSPS) is 11.8. The summed E-state index contributed by atoms with van der Waals surface area (Å²) in [6, 6.07) is 2.58. The van der Waals surface area contributed by atoms with E-state index in [1.165, 1.54) is 5.69 Å². The highest BCUT2D eigenvalue weighted by molar-refractivity contribution is 5.38. The van der Waals surface area contributed by atoms with E-state index >= 15 is 0 Å². The van der Waals surface area contributed by atoms with Crippen LogP contribution in [0.2, 0.25) is 0 Å². The molecule has 0 aromatic carbocycles. The number of nitrogens with one attached hydrogen (secondary N) is 1. The summed E-state index contributed by atoms with van der Waals surface area (Å²) in [5.41, 5.74) is 1.17. The van der Waals surface area contributed by atoms with Crippen molar-refractivity contribution in [2.24, 2.45) is 5.92 Å². The molecule has 92 valence electrons. The number of hydrogen-bond donors (Lipinski definition) is 1. The summed E-state index contributed by atoms with van der Waals surface area (Å²) < 4.78 is 2.08. The van der Waals surface area contributed by atoms with Crippen LogP contribution in [0.1, 0.15) is 59.2 Å². The largest absolute Gasteiger partial charge is 0.370 e. The zero-order valence-electron chi connectivity index (χ0n) is 11.4. The third-order valence-corrected chi connectivity index (χ3v) is 2.53. The average Bonchev–Trinajstić information content (AvgIpc) is 2.58. The second-order valence-corrected chi connectivity index (χ2v) is 5.42. The number of nitrogens with zero attached hydrogens (tertiary/aromatic N) is 2. The van der Waals surface area contributed by atoms with Crippen LogP contribution >= 0.6 is 0 Å². The summed E-state index contributed by atoms with van der Waals surface area (Å²) in [7, 11) is 0. The summed E-state index contributed by atoms with van der Waals surface area (Å²) >= 11 is 0. The molecule has 1 rings (SSSR count). The van der Waals surface area contributed by atoms with Crippen LogP contribution < -0.4 is 5.32 Å². The van der Waals surface area contributed by atoms with E-state index in [4.69, 9.17) is 0 Å². The number of aromatic nitrogens is 2. The highest BCUT2D eigenvalue weighted by Crippen LogP contribution is 2.21. The molecule has 0 spiro atoms. The van der Waals surface area contributed by atoms with Gasteiger partial charge in [0.05, 0.1) is 5.69 Å². The SMILES string of the molecule is CC(C)CNc1cc(C(C)C)nn1C(C)C.